The Bertz CT molecular complexity index is 1450. The quantitative estimate of drug-likeness (QED) is 0.428. The third-order valence-corrected chi connectivity index (χ3v) is 7.10. The summed E-state index contributed by atoms with van der Waals surface area (Å²) in [5.74, 6) is 0.363. The fraction of sp³-hybridized carbons (Fsp3) is 0.130. The second kappa shape index (κ2) is 8.42. The lowest BCUT2D eigenvalue weighted by Crippen LogP contribution is -2.15. The maximum Gasteiger partial charge on any atom is 0.263 e. The number of carbonyl (C=O) groups excluding carboxylic acids is 1. The number of rotatable bonds is 6. The molecule has 33 heavy (non-hydrogen) atoms. The minimum absolute atomic E-state index is 0.0266. The van der Waals surface area contributed by atoms with Crippen LogP contribution in [-0.4, -0.2) is 29.3 Å². The van der Waals surface area contributed by atoms with Crippen LogP contribution in [0.2, 0.25) is 5.02 Å². The van der Waals surface area contributed by atoms with Gasteiger partial charge in [0.15, 0.2) is 0 Å². The molecule has 2 N–H and O–H groups in total. The number of sulfonamides is 1. The minimum Gasteiger partial charge on any atom is -0.310 e. The molecule has 0 aliphatic heterocycles. The van der Waals surface area contributed by atoms with Crippen LogP contribution in [0.5, 0.6) is 0 Å². The number of hydrogen-bond acceptors (Lipinski definition) is 6. The van der Waals surface area contributed by atoms with E-state index in [-0.39, 0.29) is 28.5 Å². The fourth-order valence-electron chi connectivity index (χ4n) is 3.67. The molecule has 2 atom stereocenters. The highest BCUT2D eigenvalue weighted by Gasteiger charge is 2.44. The molecule has 4 aromatic rings. The number of benzene rings is 1. The first kappa shape index (κ1) is 21.3. The number of pyridine rings is 3. The highest BCUT2D eigenvalue weighted by molar-refractivity contribution is 7.92. The Morgan fingerprint density at radius 2 is 1.82 bits per heavy atom. The van der Waals surface area contributed by atoms with Crippen LogP contribution in [0.25, 0.3) is 10.9 Å². The summed E-state index contributed by atoms with van der Waals surface area (Å²) in [6, 6.07) is 15.1. The average molecular weight is 480 g/mol. The Balaban J connectivity index is 1.25. The van der Waals surface area contributed by atoms with E-state index in [4.69, 9.17) is 11.6 Å². The molecular formula is C23H18ClN5O3S. The first-order valence-electron chi connectivity index (χ1n) is 10.2. The van der Waals surface area contributed by atoms with Gasteiger partial charge in [0, 0.05) is 29.9 Å². The minimum atomic E-state index is -3.74. The SMILES string of the molecule is O=C(Nc1ccc2cncc(Cl)c2n1)C1CC1c1ccc(S(=O)(=O)Nc2ccccn2)cc1. The molecule has 0 saturated heterocycles. The van der Waals surface area contributed by atoms with Gasteiger partial charge in [0.2, 0.25) is 5.91 Å². The molecule has 1 aromatic carbocycles. The van der Waals surface area contributed by atoms with Crippen molar-refractivity contribution < 1.29 is 13.2 Å². The summed E-state index contributed by atoms with van der Waals surface area (Å²) in [6.07, 6.45) is 5.36. The van der Waals surface area contributed by atoms with Crippen molar-refractivity contribution in [3.8, 4) is 0 Å². The van der Waals surface area contributed by atoms with E-state index in [2.05, 4.69) is 25.0 Å². The number of carbonyl (C=O) groups is 1. The van der Waals surface area contributed by atoms with Crippen LogP contribution in [-0.2, 0) is 14.8 Å². The van der Waals surface area contributed by atoms with Gasteiger partial charge in [0.25, 0.3) is 10.0 Å². The smallest absolute Gasteiger partial charge is 0.263 e. The van der Waals surface area contributed by atoms with Gasteiger partial charge >= 0.3 is 0 Å². The van der Waals surface area contributed by atoms with Crippen molar-refractivity contribution in [2.75, 3.05) is 10.0 Å². The largest absolute Gasteiger partial charge is 0.310 e. The standard InChI is InChI=1S/C23H18ClN5O3S/c24-19-13-25-12-15-6-9-21(27-22(15)19)28-23(30)18-11-17(18)14-4-7-16(8-5-14)33(31,32)29-20-3-1-2-10-26-20/h1-10,12-13,17-18H,11H2,(H,26,29)(H,27,28,30). The van der Waals surface area contributed by atoms with Crippen LogP contribution >= 0.6 is 11.6 Å². The molecule has 3 heterocycles. The van der Waals surface area contributed by atoms with Crippen LogP contribution < -0.4 is 10.0 Å². The number of aromatic nitrogens is 3. The lowest BCUT2D eigenvalue weighted by Gasteiger charge is -2.08. The Morgan fingerprint density at radius 1 is 1.00 bits per heavy atom. The van der Waals surface area contributed by atoms with Crippen LogP contribution in [0.4, 0.5) is 11.6 Å². The van der Waals surface area contributed by atoms with E-state index in [1.807, 2.05) is 0 Å². The summed E-state index contributed by atoms with van der Waals surface area (Å²) < 4.78 is 27.6. The topological polar surface area (TPSA) is 114 Å². The van der Waals surface area contributed by atoms with E-state index in [0.717, 1.165) is 10.9 Å². The molecule has 0 spiro atoms. The average Bonchev–Trinajstić information content (AvgIpc) is 3.61. The lowest BCUT2D eigenvalue weighted by molar-refractivity contribution is -0.117. The molecule has 1 aliphatic rings. The predicted octanol–water partition coefficient (Wildman–Crippen LogP) is 4.22. The van der Waals surface area contributed by atoms with Crippen LogP contribution in [0.3, 0.4) is 0 Å². The van der Waals surface area contributed by atoms with E-state index in [9.17, 15) is 13.2 Å². The molecule has 1 saturated carbocycles. The third kappa shape index (κ3) is 4.50. The second-order valence-corrected chi connectivity index (χ2v) is 9.81. The molecule has 1 aliphatic carbocycles. The van der Waals surface area contributed by atoms with E-state index < -0.39 is 10.0 Å². The zero-order valence-electron chi connectivity index (χ0n) is 17.1. The van der Waals surface area contributed by atoms with E-state index in [1.165, 1.54) is 24.5 Å². The summed E-state index contributed by atoms with van der Waals surface area (Å²) in [5.41, 5.74) is 1.49. The van der Waals surface area contributed by atoms with Gasteiger partial charge in [-0.15, -0.1) is 0 Å². The molecule has 8 nitrogen and oxygen atoms in total. The van der Waals surface area contributed by atoms with Crippen molar-refractivity contribution in [3.63, 3.8) is 0 Å². The predicted molar refractivity (Wildman–Crippen MR) is 126 cm³/mol. The Labute approximate surface area is 195 Å². The van der Waals surface area contributed by atoms with Gasteiger partial charge in [0.1, 0.15) is 11.6 Å². The van der Waals surface area contributed by atoms with Crippen LogP contribution in [0.1, 0.15) is 17.9 Å². The lowest BCUT2D eigenvalue weighted by atomic mass is 10.1. The van der Waals surface area contributed by atoms with Gasteiger partial charge < -0.3 is 5.32 Å². The van der Waals surface area contributed by atoms with Crippen molar-refractivity contribution >= 4 is 50.1 Å². The highest BCUT2D eigenvalue weighted by atomic mass is 35.5. The Kier molecular flexibility index (Phi) is 5.43. The zero-order valence-corrected chi connectivity index (χ0v) is 18.7. The molecule has 0 bridgehead atoms. The number of nitrogens with one attached hydrogen (secondary N) is 2. The highest BCUT2D eigenvalue weighted by Crippen LogP contribution is 2.48. The third-order valence-electron chi connectivity index (χ3n) is 5.46. The number of hydrogen-bond donors (Lipinski definition) is 2. The Morgan fingerprint density at radius 3 is 2.58 bits per heavy atom. The van der Waals surface area contributed by atoms with Gasteiger partial charge in [-0.05, 0) is 54.3 Å². The van der Waals surface area contributed by atoms with Crippen LogP contribution in [0.15, 0.2) is 78.1 Å². The van der Waals surface area contributed by atoms with Crippen molar-refractivity contribution in [2.24, 2.45) is 5.92 Å². The molecule has 166 valence electrons. The molecule has 10 heteroatoms. The maximum atomic E-state index is 12.7. The maximum absolute atomic E-state index is 12.7. The van der Waals surface area contributed by atoms with E-state index in [1.54, 1.807) is 48.7 Å². The second-order valence-electron chi connectivity index (χ2n) is 7.72. The fourth-order valence-corrected chi connectivity index (χ4v) is 4.88. The van der Waals surface area contributed by atoms with Crippen molar-refractivity contribution in [2.45, 2.75) is 17.2 Å². The van der Waals surface area contributed by atoms with Gasteiger partial charge in [-0.1, -0.05) is 29.8 Å². The van der Waals surface area contributed by atoms with Crippen molar-refractivity contribution in [3.05, 3.63) is 83.8 Å². The molecule has 3 aromatic heterocycles. The van der Waals surface area contributed by atoms with Gasteiger partial charge in [-0.3, -0.25) is 14.5 Å². The molecule has 2 unspecified atom stereocenters. The number of nitrogens with zero attached hydrogens (tertiary/aromatic N) is 3. The number of amides is 1. The summed E-state index contributed by atoms with van der Waals surface area (Å²) in [6.45, 7) is 0. The molecular weight excluding hydrogens is 462 g/mol. The number of anilines is 2. The molecule has 5 rings (SSSR count). The summed E-state index contributed by atoms with van der Waals surface area (Å²) >= 11 is 6.15. The first-order valence-corrected chi connectivity index (χ1v) is 12.0. The zero-order chi connectivity index (χ0) is 23.0. The van der Waals surface area contributed by atoms with E-state index >= 15 is 0 Å². The van der Waals surface area contributed by atoms with Gasteiger partial charge in [0.05, 0.1) is 15.4 Å². The van der Waals surface area contributed by atoms with Crippen molar-refractivity contribution in [1.82, 2.24) is 15.0 Å². The monoisotopic (exact) mass is 479 g/mol. The van der Waals surface area contributed by atoms with E-state index in [0.29, 0.717) is 22.8 Å². The summed E-state index contributed by atoms with van der Waals surface area (Å²) in [4.78, 5) is 25.2. The van der Waals surface area contributed by atoms with Gasteiger partial charge in [-0.25, -0.2) is 18.4 Å². The van der Waals surface area contributed by atoms with Crippen molar-refractivity contribution in [1.29, 1.82) is 0 Å². The summed E-state index contributed by atoms with van der Waals surface area (Å²) in [5, 5.41) is 4.05. The Hall–Kier alpha value is -3.56. The first-order chi connectivity index (χ1) is 15.9. The van der Waals surface area contributed by atoms with Crippen LogP contribution in [0, 0.1) is 5.92 Å². The number of halogens is 1. The molecule has 0 radical (unpaired) electrons. The number of fused-ring (bicyclic) bond motifs is 1. The molecule has 1 amide bonds. The van der Waals surface area contributed by atoms with Gasteiger partial charge in [-0.2, -0.15) is 0 Å². The normalized spacial score (nSPS) is 17.5. The summed E-state index contributed by atoms with van der Waals surface area (Å²) in [7, 11) is -3.74. The molecule has 1 fully saturated rings.